The number of rotatable bonds is 1. The summed E-state index contributed by atoms with van der Waals surface area (Å²) in [6.07, 6.45) is 3.97. The Bertz CT molecular complexity index is 445. The summed E-state index contributed by atoms with van der Waals surface area (Å²) in [6, 6.07) is 2.19. The second-order valence-corrected chi connectivity index (χ2v) is 4.03. The molecule has 0 amide bonds. The van der Waals surface area contributed by atoms with Crippen molar-refractivity contribution in [3.8, 4) is 0 Å². The molecule has 0 aromatic carbocycles. The van der Waals surface area contributed by atoms with E-state index in [0.29, 0.717) is 0 Å². The van der Waals surface area contributed by atoms with Crippen molar-refractivity contribution in [3.63, 3.8) is 0 Å². The summed E-state index contributed by atoms with van der Waals surface area (Å²) < 4.78 is 0. The van der Waals surface area contributed by atoms with Crippen molar-refractivity contribution in [3.05, 3.63) is 23.5 Å². The molecule has 2 aromatic heterocycles. The van der Waals surface area contributed by atoms with Crippen molar-refractivity contribution < 1.29 is 0 Å². The van der Waals surface area contributed by atoms with E-state index in [1.165, 1.54) is 21.5 Å². The highest BCUT2D eigenvalue weighted by molar-refractivity contribution is 7.98. The largest absolute Gasteiger partial charge is 0.343 e. The highest BCUT2D eigenvalue weighted by atomic mass is 32.2. The molecule has 0 aliphatic heterocycles. The van der Waals surface area contributed by atoms with Gasteiger partial charge in [0.2, 0.25) is 0 Å². The third-order valence-corrected chi connectivity index (χ3v) is 3.07. The first-order valence-corrected chi connectivity index (χ1v) is 5.43. The Kier molecular flexibility index (Phi) is 2.04. The van der Waals surface area contributed by atoms with Gasteiger partial charge in [-0.25, -0.2) is 4.98 Å². The van der Waals surface area contributed by atoms with E-state index in [9.17, 15) is 0 Å². The van der Waals surface area contributed by atoms with Gasteiger partial charge in [-0.2, -0.15) is 0 Å². The van der Waals surface area contributed by atoms with E-state index < -0.39 is 0 Å². The van der Waals surface area contributed by atoms with Crippen molar-refractivity contribution >= 4 is 22.8 Å². The number of aromatic amines is 1. The fraction of sp³-hybridized carbons (Fsp3) is 0.300. The van der Waals surface area contributed by atoms with Crippen molar-refractivity contribution in [2.45, 2.75) is 18.7 Å². The molecule has 0 aliphatic carbocycles. The molecule has 0 saturated carbocycles. The molecule has 0 radical (unpaired) electrons. The zero-order chi connectivity index (χ0) is 9.42. The molecule has 68 valence electrons. The summed E-state index contributed by atoms with van der Waals surface area (Å²) in [5, 5.41) is 1.24. The lowest BCUT2D eigenvalue weighted by Crippen LogP contribution is -1.77. The van der Waals surface area contributed by atoms with Gasteiger partial charge in [0.15, 0.2) is 0 Å². The fourth-order valence-corrected chi connectivity index (χ4v) is 1.81. The van der Waals surface area contributed by atoms with Gasteiger partial charge >= 0.3 is 0 Å². The monoisotopic (exact) mass is 192 g/mol. The van der Waals surface area contributed by atoms with Gasteiger partial charge in [-0.05, 0) is 31.7 Å². The van der Waals surface area contributed by atoms with Gasteiger partial charge in [0.05, 0.1) is 0 Å². The van der Waals surface area contributed by atoms with E-state index in [1.807, 2.05) is 6.20 Å². The number of pyridine rings is 1. The molecule has 2 aromatic rings. The van der Waals surface area contributed by atoms with Gasteiger partial charge in [0, 0.05) is 22.2 Å². The van der Waals surface area contributed by atoms with Crippen LogP contribution < -0.4 is 0 Å². The molecule has 0 unspecified atom stereocenters. The number of H-pyrrole nitrogens is 1. The van der Waals surface area contributed by atoms with E-state index in [1.54, 1.807) is 11.8 Å². The molecule has 0 spiro atoms. The summed E-state index contributed by atoms with van der Waals surface area (Å²) in [4.78, 5) is 8.83. The number of nitrogens with zero attached hydrogens (tertiary/aromatic N) is 1. The van der Waals surface area contributed by atoms with Gasteiger partial charge in [-0.3, -0.25) is 0 Å². The van der Waals surface area contributed by atoms with Crippen LogP contribution in [-0.2, 0) is 0 Å². The standard InChI is InChI=1S/C10H12N2S/c1-6-7(2)12-10-9(6)4-8(13-3)5-11-10/h4-5H,1-3H3,(H,11,12). The maximum Gasteiger partial charge on any atom is 0.137 e. The summed E-state index contributed by atoms with van der Waals surface area (Å²) in [6.45, 7) is 4.20. The van der Waals surface area contributed by atoms with E-state index in [2.05, 4.69) is 36.1 Å². The topological polar surface area (TPSA) is 28.7 Å². The normalized spacial score (nSPS) is 11.0. The van der Waals surface area contributed by atoms with Crippen LogP contribution in [0.2, 0.25) is 0 Å². The molecule has 0 fully saturated rings. The van der Waals surface area contributed by atoms with Crippen LogP contribution in [0.3, 0.4) is 0 Å². The van der Waals surface area contributed by atoms with Crippen LogP contribution in [0, 0.1) is 13.8 Å². The van der Waals surface area contributed by atoms with Crippen LogP contribution in [0.4, 0.5) is 0 Å². The number of aryl methyl sites for hydroxylation is 2. The Balaban J connectivity index is 2.75. The lowest BCUT2D eigenvalue weighted by atomic mass is 10.2. The van der Waals surface area contributed by atoms with E-state index in [-0.39, 0.29) is 0 Å². The summed E-state index contributed by atoms with van der Waals surface area (Å²) >= 11 is 1.73. The number of hydrogen-bond acceptors (Lipinski definition) is 2. The van der Waals surface area contributed by atoms with Gasteiger partial charge < -0.3 is 4.98 Å². The minimum absolute atomic E-state index is 0.993. The SMILES string of the molecule is CSc1cnc2[nH]c(C)c(C)c2c1. The fourth-order valence-electron chi connectivity index (χ4n) is 1.42. The van der Waals surface area contributed by atoms with Gasteiger partial charge in [-0.15, -0.1) is 11.8 Å². The predicted octanol–water partition coefficient (Wildman–Crippen LogP) is 2.90. The van der Waals surface area contributed by atoms with Crippen LogP contribution in [0.25, 0.3) is 11.0 Å². The highest BCUT2D eigenvalue weighted by Gasteiger charge is 2.05. The number of fused-ring (bicyclic) bond motifs is 1. The minimum Gasteiger partial charge on any atom is -0.343 e. The summed E-state index contributed by atoms with van der Waals surface area (Å²) in [5.74, 6) is 0. The quantitative estimate of drug-likeness (QED) is 0.704. The Morgan fingerprint density at radius 1 is 1.38 bits per heavy atom. The van der Waals surface area contributed by atoms with E-state index in [0.717, 1.165) is 5.65 Å². The molecule has 2 nitrogen and oxygen atoms in total. The van der Waals surface area contributed by atoms with E-state index in [4.69, 9.17) is 0 Å². The Morgan fingerprint density at radius 2 is 2.15 bits per heavy atom. The van der Waals surface area contributed by atoms with Crippen LogP contribution in [0.1, 0.15) is 11.3 Å². The Morgan fingerprint density at radius 3 is 2.85 bits per heavy atom. The van der Waals surface area contributed by atoms with Crippen LogP contribution in [0.15, 0.2) is 17.2 Å². The Hall–Kier alpha value is -0.960. The molecule has 2 heterocycles. The number of aromatic nitrogens is 2. The zero-order valence-corrected chi connectivity index (χ0v) is 8.83. The van der Waals surface area contributed by atoms with Crippen LogP contribution in [-0.4, -0.2) is 16.2 Å². The van der Waals surface area contributed by atoms with Gasteiger partial charge in [0.25, 0.3) is 0 Å². The minimum atomic E-state index is 0.993. The molecule has 1 N–H and O–H groups in total. The Labute approximate surface area is 81.8 Å². The smallest absolute Gasteiger partial charge is 0.137 e. The van der Waals surface area contributed by atoms with Crippen molar-refractivity contribution in [2.75, 3.05) is 6.26 Å². The molecule has 0 aliphatic rings. The molecule has 13 heavy (non-hydrogen) atoms. The van der Waals surface area contributed by atoms with Gasteiger partial charge in [-0.1, -0.05) is 0 Å². The van der Waals surface area contributed by atoms with Crippen LogP contribution in [0.5, 0.6) is 0 Å². The third-order valence-electron chi connectivity index (χ3n) is 2.37. The zero-order valence-electron chi connectivity index (χ0n) is 8.01. The first kappa shape index (κ1) is 8.63. The first-order valence-electron chi connectivity index (χ1n) is 4.21. The second kappa shape index (κ2) is 3.07. The average molecular weight is 192 g/mol. The third kappa shape index (κ3) is 1.33. The second-order valence-electron chi connectivity index (χ2n) is 3.15. The molecule has 0 atom stereocenters. The molecule has 3 heteroatoms. The predicted molar refractivity (Wildman–Crippen MR) is 57.3 cm³/mol. The van der Waals surface area contributed by atoms with Crippen molar-refractivity contribution in [1.29, 1.82) is 0 Å². The molecular weight excluding hydrogens is 180 g/mol. The van der Waals surface area contributed by atoms with Crippen LogP contribution >= 0.6 is 11.8 Å². The number of nitrogens with one attached hydrogen (secondary N) is 1. The van der Waals surface area contributed by atoms with E-state index >= 15 is 0 Å². The summed E-state index contributed by atoms with van der Waals surface area (Å²) in [5.41, 5.74) is 3.51. The van der Waals surface area contributed by atoms with Crippen molar-refractivity contribution in [2.24, 2.45) is 0 Å². The number of thioether (sulfide) groups is 1. The molecular formula is C10H12N2S. The molecule has 2 rings (SSSR count). The first-order chi connectivity index (χ1) is 6.22. The van der Waals surface area contributed by atoms with Gasteiger partial charge in [0.1, 0.15) is 5.65 Å². The molecule has 0 bridgehead atoms. The maximum atomic E-state index is 4.36. The lowest BCUT2D eigenvalue weighted by molar-refractivity contribution is 1.21. The lowest BCUT2D eigenvalue weighted by Gasteiger charge is -1.95. The number of hydrogen-bond donors (Lipinski definition) is 1. The summed E-state index contributed by atoms with van der Waals surface area (Å²) in [7, 11) is 0. The molecule has 0 saturated heterocycles. The maximum absolute atomic E-state index is 4.36. The highest BCUT2D eigenvalue weighted by Crippen LogP contribution is 2.23. The average Bonchev–Trinajstić information content (AvgIpc) is 2.43. The van der Waals surface area contributed by atoms with Crippen molar-refractivity contribution in [1.82, 2.24) is 9.97 Å².